The van der Waals surface area contributed by atoms with E-state index < -0.39 is 17.9 Å². The molecule has 0 bridgehead atoms. The van der Waals surface area contributed by atoms with Crippen LogP contribution in [0, 0.1) is 19.8 Å². The average Bonchev–Trinajstić information content (AvgIpc) is 3.15. The van der Waals surface area contributed by atoms with Gasteiger partial charge in [-0.15, -0.1) is 0 Å². The van der Waals surface area contributed by atoms with Gasteiger partial charge in [0.05, 0.1) is 18.6 Å². The quantitative estimate of drug-likeness (QED) is 0.538. The minimum atomic E-state index is -0.648. The maximum atomic E-state index is 12.4. The van der Waals surface area contributed by atoms with Crippen molar-refractivity contribution in [3.8, 4) is 0 Å². The van der Waals surface area contributed by atoms with Crippen LogP contribution in [-0.2, 0) is 19.1 Å². The highest BCUT2D eigenvalue weighted by atomic mass is 16.5. The number of esters is 2. The topological polar surface area (TPSA) is 90.0 Å². The lowest BCUT2D eigenvalue weighted by atomic mass is 10.0. The number of hydrogen-bond donors (Lipinski definition) is 0. The summed E-state index contributed by atoms with van der Waals surface area (Å²) < 4.78 is 9.83. The van der Waals surface area contributed by atoms with Crippen LogP contribution >= 0.6 is 0 Å². The summed E-state index contributed by atoms with van der Waals surface area (Å²) in [5, 5.41) is 0. The Labute approximate surface area is 174 Å². The molecule has 1 saturated heterocycles. The van der Waals surface area contributed by atoms with Gasteiger partial charge in [0.25, 0.3) is 0 Å². The third kappa shape index (κ3) is 4.56. The monoisotopic (exact) mass is 409 g/mol. The van der Waals surface area contributed by atoms with E-state index in [0.29, 0.717) is 16.8 Å². The van der Waals surface area contributed by atoms with Gasteiger partial charge in [0.1, 0.15) is 0 Å². The van der Waals surface area contributed by atoms with Crippen molar-refractivity contribution in [3.05, 3.63) is 64.7 Å². The number of Topliss-reactive ketones (excluding diaryl/α,β-unsaturated/α-hetero) is 1. The molecular weight excluding hydrogens is 386 g/mol. The fourth-order valence-corrected chi connectivity index (χ4v) is 3.26. The zero-order chi connectivity index (χ0) is 21.8. The predicted molar refractivity (Wildman–Crippen MR) is 109 cm³/mol. The van der Waals surface area contributed by atoms with Gasteiger partial charge in [-0.1, -0.05) is 12.1 Å². The normalized spacial score (nSPS) is 15.8. The van der Waals surface area contributed by atoms with E-state index in [2.05, 4.69) is 4.74 Å². The predicted octanol–water partition coefficient (Wildman–Crippen LogP) is 2.87. The lowest BCUT2D eigenvalue weighted by Crippen LogP contribution is -2.27. The number of carbonyl (C=O) groups excluding carboxylic acids is 4. The highest BCUT2D eigenvalue weighted by molar-refractivity contribution is 6.01. The number of hydrogen-bond acceptors (Lipinski definition) is 6. The van der Waals surface area contributed by atoms with E-state index in [0.717, 1.165) is 11.1 Å². The van der Waals surface area contributed by atoms with Crippen molar-refractivity contribution in [2.45, 2.75) is 20.3 Å². The zero-order valence-corrected chi connectivity index (χ0v) is 17.1. The standard InChI is InChI=1S/C23H23NO6/c1-14-4-5-17(10-15(14)2)20(25)13-30-23(28)18-11-21(26)24(12-18)19-8-6-16(7-9-19)22(27)29-3/h4-10,18H,11-13H2,1-3H3. The number of rotatable bonds is 6. The summed E-state index contributed by atoms with van der Waals surface area (Å²) in [6.07, 6.45) is 0.00934. The van der Waals surface area contributed by atoms with Crippen molar-refractivity contribution in [3.63, 3.8) is 0 Å². The number of anilines is 1. The fraction of sp³-hybridized carbons (Fsp3) is 0.304. The molecule has 1 aliphatic rings. The van der Waals surface area contributed by atoms with E-state index in [1.54, 1.807) is 36.4 Å². The molecule has 1 unspecified atom stereocenters. The van der Waals surface area contributed by atoms with Crippen LogP contribution < -0.4 is 4.90 Å². The van der Waals surface area contributed by atoms with Crippen molar-refractivity contribution in [2.75, 3.05) is 25.2 Å². The van der Waals surface area contributed by atoms with Gasteiger partial charge in [0.15, 0.2) is 12.4 Å². The van der Waals surface area contributed by atoms with E-state index in [9.17, 15) is 19.2 Å². The molecule has 0 radical (unpaired) electrons. The zero-order valence-electron chi connectivity index (χ0n) is 17.1. The van der Waals surface area contributed by atoms with Crippen LogP contribution in [0.25, 0.3) is 0 Å². The second-order valence-corrected chi connectivity index (χ2v) is 7.27. The van der Waals surface area contributed by atoms with Crippen molar-refractivity contribution >= 4 is 29.3 Å². The molecule has 1 heterocycles. The Morgan fingerprint density at radius 3 is 2.30 bits per heavy atom. The van der Waals surface area contributed by atoms with E-state index in [1.165, 1.54) is 12.0 Å². The van der Waals surface area contributed by atoms with Gasteiger partial charge in [0, 0.05) is 24.2 Å². The van der Waals surface area contributed by atoms with Crippen molar-refractivity contribution < 1.29 is 28.7 Å². The van der Waals surface area contributed by atoms with E-state index in [1.807, 2.05) is 19.9 Å². The molecule has 0 aliphatic carbocycles. The van der Waals surface area contributed by atoms with Crippen LogP contribution in [-0.4, -0.2) is 43.9 Å². The molecule has 0 spiro atoms. The molecule has 1 amide bonds. The van der Waals surface area contributed by atoms with Crippen LogP contribution in [0.2, 0.25) is 0 Å². The number of aryl methyl sites for hydroxylation is 2. The highest BCUT2D eigenvalue weighted by Gasteiger charge is 2.36. The van der Waals surface area contributed by atoms with Gasteiger partial charge in [-0.2, -0.15) is 0 Å². The number of amides is 1. The summed E-state index contributed by atoms with van der Waals surface area (Å²) in [5.74, 6) is -2.20. The van der Waals surface area contributed by atoms with Crippen LogP contribution in [0.1, 0.15) is 38.3 Å². The summed E-state index contributed by atoms with van der Waals surface area (Å²) in [7, 11) is 1.29. The Balaban J connectivity index is 1.58. The minimum absolute atomic E-state index is 0.00934. The molecule has 2 aromatic carbocycles. The first-order valence-electron chi connectivity index (χ1n) is 9.56. The molecule has 2 aromatic rings. The largest absolute Gasteiger partial charge is 0.465 e. The highest BCUT2D eigenvalue weighted by Crippen LogP contribution is 2.26. The summed E-state index contributed by atoms with van der Waals surface area (Å²) in [4.78, 5) is 50.0. The molecule has 7 nitrogen and oxygen atoms in total. The van der Waals surface area contributed by atoms with Gasteiger partial charge < -0.3 is 14.4 Å². The molecule has 7 heteroatoms. The van der Waals surface area contributed by atoms with Crippen LogP contribution in [0.3, 0.4) is 0 Å². The Morgan fingerprint density at radius 1 is 1.00 bits per heavy atom. The second kappa shape index (κ2) is 8.90. The molecular formula is C23H23NO6. The van der Waals surface area contributed by atoms with Gasteiger partial charge in [-0.3, -0.25) is 14.4 Å². The molecule has 156 valence electrons. The molecule has 1 fully saturated rings. The minimum Gasteiger partial charge on any atom is -0.465 e. The first-order chi connectivity index (χ1) is 14.3. The Hall–Kier alpha value is -3.48. The van der Waals surface area contributed by atoms with Gasteiger partial charge >= 0.3 is 11.9 Å². The summed E-state index contributed by atoms with van der Waals surface area (Å²) in [6, 6.07) is 11.7. The smallest absolute Gasteiger partial charge is 0.337 e. The van der Waals surface area contributed by atoms with Crippen LogP contribution in [0.4, 0.5) is 5.69 Å². The number of methoxy groups -OCH3 is 1. The lowest BCUT2D eigenvalue weighted by Gasteiger charge is -2.16. The number of nitrogens with zero attached hydrogens (tertiary/aromatic N) is 1. The fourth-order valence-electron chi connectivity index (χ4n) is 3.26. The van der Waals surface area contributed by atoms with E-state index in [4.69, 9.17) is 4.74 Å². The maximum absolute atomic E-state index is 12.4. The Kier molecular flexibility index (Phi) is 6.30. The number of carbonyl (C=O) groups is 4. The first kappa shape index (κ1) is 21.2. The number of benzene rings is 2. The average molecular weight is 409 g/mol. The molecule has 3 rings (SSSR count). The maximum Gasteiger partial charge on any atom is 0.337 e. The molecule has 0 N–H and O–H groups in total. The van der Waals surface area contributed by atoms with Crippen LogP contribution in [0.15, 0.2) is 42.5 Å². The second-order valence-electron chi connectivity index (χ2n) is 7.27. The van der Waals surface area contributed by atoms with Gasteiger partial charge in [-0.25, -0.2) is 4.79 Å². The molecule has 1 atom stereocenters. The first-order valence-corrected chi connectivity index (χ1v) is 9.56. The van der Waals surface area contributed by atoms with Crippen molar-refractivity contribution in [1.29, 1.82) is 0 Å². The third-order valence-electron chi connectivity index (χ3n) is 5.23. The van der Waals surface area contributed by atoms with E-state index in [-0.39, 0.29) is 31.3 Å². The van der Waals surface area contributed by atoms with Crippen molar-refractivity contribution in [2.24, 2.45) is 5.92 Å². The van der Waals surface area contributed by atoms with Crippen molar-refractivity contribution in [1.82, 2.24) is 0 Å². The number of ketones is 1. The molecule has 1 aliphatic heterocycles. The third-order valence-corrected chi connectivity index (χ3v) is 5.23. The summed E-state index contributed by atoms with van der Waals surface area (Å²) in [6.45, 7) is 3.66. The SMILES string of the molecule is COC(=O)c1ccc(N2CC(C(=O)OCC(=O)c3ccc(C)c(C)c3)CC2=O)cc1. The Bertz CT molecular complexity index is 995. The molecule has 0 saturated carbocycles. The number of ether oxygens (including phenoxy) is 2. The van der Waals surface area contributed by atoms with E-state index >= 15 is 0 Å². The van der Waals surface area contributed by atoms with Gasteiger partial charge in [0.2, 0.25) is 5.91 Å². The summed E-state index contributed by atoms with van der Waals surface area (Å²) in [5.41, 5.74) is 3.50. The van der Waals surface area contributed by atoms with Crippen LogP contribution in [0.5, 0.6) is 0 Å². The molecule has 30 heavy (non-hydrogen) atoms. The summed E-state index contributed by atoms with van der Waals surface area (Å²) >= 11 is 0. The lowest BCUT2D eigenvalue weighted by molar-refractivity contribution is -0.147. The van der Waals surface area contributed by atoms with Gasteiger partial charge in [-0.05, 0) is 55.3 Å². The Morgan fingerprint density at radius 2 is 1.67 bits per heavy atom. The molecule has 0 aromatic heterocycles.